The van der Waals surface area contributed by atoms with Gasteiger partial charge in [0.15, 0.2) is 0 Å². The van der Waals surface area contributed by atoms with Gasteiger partial charge in [0.05, 0.1) is 4.92 Å². The fourth-order valence-electron chi connectivity index (χ4n) is 1.29. The first kappa shape index (κ1) is 14.7. The van der Waals surface area contributed by atoms with Gasteiger partial charge in [-0.2, -0.15) is 0 Å². The molecule has 100 valence electrons. The third-order valence-electron chi connectivity index (χ3n) is 2.81. The lowest BCUT2D eigenvalue weighted by molar-refractivity contribution is -0.384. The molecule has 0 saturated heterocycles. The van der Waals surface area contributed by atoms with Gasteiger partial charge in [0.25, 0.3) is 5.69 Å². The van der Waals surface area contributed by atoms with Crippen molar-refractivity contribution in [2.75, 3.05) is 6.61 Å². The fourth-order valence-corrected chi connectivity index (χ4v) is 1.51. The van der Waals surface area contributed by atoms with Crippen LogP contribution in [0.25, 0.3) is 0 Å². The Labute approximate surface area is 111 Å². The average molecular weight is 273 g/mol. The Bertz CT molecular complexity index is 461. The van der Waals surface area contributed by atoms with Crippen molar-refractivity contribution in [1.29, 1.82) is 0 Å². The highest BCUT2D eigenvalue weighted by Crippen LogP contribution is 2.32. The van der Waals surface area contributed by atoms with Gasteiger partial charge in [-0.3, -0.25) is 10.1 Å². The van der Waals surface area contributed by atoms with E-state index in [4.69, 9.17) is 22.1 Å². The lowest BCUT2D eigenvalue weighted by atomic mass is 10.0. The van der Waals surface area contributed by atoms with Crippen molar-refractivity contribution in [3.63, 3.8) is 0 Å². The summed E-state index contributed by atoms with van der Waals surface area (Å²) in [5, 5.41) is 10.8. The molecule has 6 heteroatoms. The molecule has 0 radical (unpaired) electrons. The Morgan fingerprint density at radius 3 is 2.67 bits per heavy atom. The molecule has 0 aliphatic carbocycles. The third-order valence-corrected chi connectivity index (χ3v) is 3.11. The van der Waals surface area contributed by atoms with E-state index in [1.54, 1.807) is 6.92 Å². The Morgan fingerprint density at radius 1 is 1.56 bits per heavy atom. The smallest absolute Gasteiger partial charge is 0.288 e. The van der Waals surface area contributed by atoms with Crippen LogP contribution in [0.1, 0.15) is 25.8 Å². The van der Waals surface area contributed by atoms with E-state index in [1.165, 1.54) is 12.1 Å². The zero-order chi connectivity index (χ0) is 13.9. The Morgan fingerprint density at radius 2 is 2.17 bits per heavy atom. The molecule has 2 N–H and O–H groups in total. The van der Waals surface area contributed by atoms with Crippen LogP contribution in [0.5, 0.6) is 5.75 Å². The highest BCUT2D eigenvalue weighted by molar-refractivity contribution is 6.32. The SMILES string of the molecule is CCC(C)(N)COc1cc(Cl)c([N+](=O)[O-])cc1C. The van der Waals surface area contributed by atoms with Crippen LogP contribution < -0.4 is 10.5 Å². The topological polar surface area (TPSA) is 78.4 Å². The summed E-state index contributed by atoms with van der Waals surface area (Å²) in [4.78, 5) is 10.2. The summed E-state index contributed by atoms with van der Waals surface area (Å²) in [5.74, 6) is 0.524. The molecule has 5 nitrogen and oxygen atoms in total. The normalized spacial score (nSPS) is 14.1. The monoisotopic (exact) mass is 272 g/mol. The maximum absolute atomic E-state index is 10.7. The second-order valence-electron chi connectivity index (χ2n) is 4.62. The zero-order valence-corrected chi connectivity index (χ0v) is 11.5. The molecule has 1 atom stereocenters. The van der Waals surface area contributed by atoms with Crippen LogP contribution in [0.3, 0.4) is 0 Å². The number of nitrogens with zero attached hydrogens (tertiary/aromatic N) is 1. The number of hydrogen-bond donors (Lipinski definition) is 1. The van der Waals surface area contributed by atoms with Crippen molar-refractivity contribution in [1.82, 2.24) is 0 Å². The van der Waals surface area contributed by atoms with Gasteiger partial charge in [-0.1, -0.05) is 18.5 Å². The number of rotatable bonds is 5. The standard InChI is InChI=1S/C12H17ClN2O3/c1-4-12(3,14)7-18-11-6-9(13)10(15(16)17)5-8(11)2/h5-6H,4,7,14H2,1-3H3. The van der Waals surface area contributed by atoms with Gasteiger partial charge in [-0.05, 0) is 25.8 Å². The minimum Gasteiger partial charge on any atom is -0.491 e. The highest BCUT2D eigenvalue weighted by Gasteiger charge is 2.19. The number of hydrogen-bond acceptors (Lipinski definition) is 4. The summed E-state index contributed by atoms with van der Waals surface area (Å²) >= 11 is 5.83. The summed E-state index contributed by atoms with van der Waals surface area (Å²) in [6, 6.07) is 2.86. The Kier molecular flexibility index (Phi) is 4.53. The molecule has 18 heavy (non-hydrogen) atoms. The molecule has 0 aromatic heterocycles. The van der Waals surface area contributed by atoms with Gasteiger partial charge in [-0.25, -0.2) is 0 Å². The summed E-state index contributed by atoms with van der Waals surface area (Å²) in [5.41, 5.74) is 6.08. The second kappa shape index (κ2) is 5.54. The van der Waals surface area contributed by atoms with Crippen molar-refractivity contribution >= 4 is 17.3 Å². The summed E-state index contributed by atoms with van der Waals surface area (Å²) in [6.45, 7) is 5.92. The lowest BCUT2D eigenvalue weighted by Gasteiger charge is -2.23. The number of ether oxygens (including phenoxy) is 1. The molecule has 0 spiro atoms. The third kappa shape index (κ3) is 3.58. The maximum Gasteiger partial charge on any atom is 0.288 e. The maximum atomic E-state index is 10.7. The summed E-state index contributed by atoms with van der Waals surface area (Å²) < 4.78 is 5.58. The lowest BCUT2D eigenvalue weighted by Crippen LogP contribution is -2.41. The Balaban J connectivity index is 2.92. The molecule has 0 aliphatic rings. The highest BCUT2D eigenvalue weighted by atomic mass is 35.5. The fraction of sp³-hybridized carbons (Fsp3) is 0.500. The first-order chi connectivity index (χ1) is 8.26. The number of nitro groups is 1. The molecular weight excluding hydrogens is 256 g/mol. The van der Waals surface area contributed by atoms with E-state index in [9.17, 15) is 10.1 Å². The molecule has 0 fully saturated rings. The van der Waals surface area contributed by atoms with E-state index in [-0.39, 0.29) is 10.7 Å². The van der Waals surface area contributed by atoms with E-state index in [0.29, 0.717) is 17.9 Å². The average Bonchev–Trinajstić information content (AvgIpc) is 2.29. The first-order valence-corrected chi connectivity index (χ1v) is 6.01. The van der Waals surface area contributed by atoms with Crippen molar-refractivity contribution in [3.05, 3.63) is 32.8 Å². The molecule has 0 heterocycles. The van der Waals surface area contributed by atoms with Gasteiger partial charge in [0, 0.05) is 17.7 Å². The van der Waals surface area contributed by atoms with Crippen LogP contribution in [-0.2, 0) is 0 Å². The second-order valence-corrected chi connectivity index (χ2v) is 5.03. The molecule has 1 unspecified atom stereocenters. The Hall–Kier alpha value is -1.33. The number of benzene rings is 1. The summed E-state index contributed by atoms with van der Waals surface area (Å²) in [7, 11) is 0. The number of halogens is 1. The van der Waals surface area contributed by atoms with E-state index in [0.717, 1.165) is 6.42 Å². The van der Waals surface area contributed by atoms with E-state index in [2.05, 4.69) is 0 Å². The van der Waals surface area contributed by atoms with Crippen LogP contribution in [0.15, 0.2) is 12.1 Å². The van der Waals surface area contributed by atoms with E-state index >= 15 is 0 Å². The quantitative estimate of drug-likeness (QED) is 0.660. The van der Waals surface area contributed by atoms with Crippen molar-refractivity contribution < 1.29 is 9.66 Å². The zero-order valence-electron chi connectivity index (χ0n) is 10.7. The molecule has 0 saturated carbocycles. The number of nitrogens with two attached hydrogens (primary N) is 1. The van der Waals surface area contributed by atoms with Gasteiger partial charge in [-0.15, -0.1) is 0 Å². The van der Waals surface area contributed by atoms with Crippen LogP contribution in [0.4, 0.5) is 5.69 Å². The minimum atomic E-state index is -0.516. The van der Waals surface area contributed by atoms with Crippen LogP contribution >= 0.6 is 11.6 Å². The van der Waals surface area contributed by atoms with Crippen LogP contribution in [0.2, 0.25) is 5.02 Å². The molecule has 0 amide bonds. The summed E-state index contributed by atoms with van der Waals surface area (Å²) in [6.07, 6.45) is 0.771. The molecule has 0 bridgehead atoms. The molecule has 0 aliphatic heterocycles. The van der Waals surface area contributed by atoms with E-state index in [1.807, 2.05) is 13.8 Å². The van der Waals surface area contributed by atoms with Crippen LogP contribution in [-0.4, -0.2) is 17.1 Å². The number of aryl methyl sites for hydroxylation is 1. The predicted octanol–water partition coefficient (Wildman–Crippen LogP) is 3.06. The van der Waals surface area contributed by atoms with Crippen LogP contribution in [0, 0.1) is 17.0 Å². The van der Waals surface area contributed by atoms with Crippen molar-refractivity contribution in [2.24, 2.45) is 5.73 Å². The number of nitro benzene ring substituents is 1. The van der Waals surface area contributed by atoms with Gasteiger partial charge < -0.3 is 10.5 Å². The first-order valence-electron chi connectivity index (χ1n) is 5.63. The predicted molar refractivity (Wildman–Crippen MR) is 71.2 cm³/mol. The van der Waals surface area contributed by atoms with Gasteiger partial charge in [0.2, 0.25) is 0 Å². The largest absolute Gasteiger partial charge is 0.491 e. The van der Waals surface area contributed by atoms with Gasteiger partial charge in [0.1, 0.15) is 17.4 Å². The van der Waals surface area contributed by atoms with Gasteiger partial charge >= 0.3 is 0 Å². The molecule has 1 aromatic carbocycles. The minimum absolute atomic E-state index is 0.0656. The van der Waals surface area contributed by atoms with E-state index < -0.39 is 10.5 Å². The molecule has 1 rings (SSSR count). The molecular formula is C12H17ClN2O3. The van der Waals surface area contributed by atoms with Crippen molar-refractivity contribution in [2.45, 2.75) is 32.7 Å². The van der Waals surface area contributed by atoms with Crippen molar-refractivity contribution in [3.8, 4) is 5.75 Å². The molecule has 1 aromatic rings.